The lowest BCUT2D eigenvalue weighted by Gasteiger charge is -2.14. The first kappa shape index (κ1) is 13.9. The van der Waals surface area contributed by atoms with Crippen LogP contribution in [-0.2, 0) is 9.59 Å². The molecule has 1 atom stereocenters. The second kappa shape index (κ2) is 5.62. The van der Waals surface area contributed by atoms with Crippen molar-refractivity contribution in [1.82, 2.24) is 5.32 Å². The second-order valence-corrected chi connectivity index (χ2v) is 4.29. The van der Waals surface area contributed by atoms with Crippen LogP contribution in [0.25, 0.3) is 0 Å². The van der Waals surface area contributed by atoms with E-state index in [0.29, 0.717) is 12.2 Å². The highest BCUT2D eigenvalue weighted by molar-refractivity contribution is 6.22. The molecule has 20 heavy (non-hydrogen) atoms. The Kier molecular flexibility index (Phi) is 3.90. The maximum atomic E-state index is 12.1. The molecule has 1 saturated heterocycles. The fraction of sp³-hybridized carbons (Fsp3) is 0.231. The highest BCUT2D eigenvalue weighted by atomic mass is 16.6. The molecule has 7 nitrogen and oxygen atoms in total. The zero-order valence-corrected chi connectivity index (χ0v) is 10.6. The van der Waals surface area contributed by atoms with E-state index in [-0.39, 0.29) is 23.9 Å². The number of carbonyl (C=O) groups excluding carboxylic acids is 2. The maximum absolute atomic E-state index is 12.1. The predicted molar refractivity (Wildman–Crippen MR) is 72.2 cm³/mol. The molecule has 0 bridgehead atoms. The van der Waals surface area contributed by atoms with Crippen LogP contribution in [0.4, 0.5) is 11.4 Å². The first-order chi connectivity index (χ1) is 9.54. The summed E-state index contributed by atoms with van der Waals surface area (Å²) >= 11 is 0. The van der Waals surface area contributed by atoms with Gasteiger partial charge >= 0.3 is 0 Å². The van der Waals surface area contributed by atoms with Crippen LogP contribution in [0.5, 0.6) is 0 Å². The summed E-state index contributed by atoms with van der Waals surface area (Å²) in [5.41, 5.74) is 0.252. The first-order valence-corrected chi connectivity index (χ1v) is 6.00. The van der Waals surface area contributed by atoms with E-state index in [1.165, 1.54) is 24.3 Å². The van der Waals surface area contributed by atoms with Gasteiger partial charge in [-0.1, -0.05) is 6.08 Å². The molecule has 0 radical (unpaired) electrons. The number of amides is 2. The zero-order chi connectivity index (χ0) is 14.7. The van der Waals surface area contributed by atoms with Crippen LogP contribution in [0.15, 0.2) is 36.9 Å². The Hall–Kier alpha value is -2.54. The van der Waals surface area contributed by atoms with Crippen molar-refractivity contribution in [2.75, 3.05) is 11.4 Å². The minimum Gasteiger partial charge on any atom is -0.302 e. The van der Waals surface area contributed by atoms with Crippen LogP contribution in [0.2, 0.25) is 0 Å². The molecule has 0 aromatic heterocycles. The molecule has 1 aliphatic heterocycles. The van der Waals surface area contributed by atoms with E-state index in [2.05, 4.69) is 11.9 Å². The van der Waals surface area contributed by atoms with Gasteiger partial charge in [-0.05, 0) is 12.1 Å². The standard InChI is InChI=1S/C13H13N3O4/c1-2-7-14-11-8-12(17)15(13(11)18)9-3-5-10(6-4-9)16(19)20/h2-6,11,14H,1,7-8H2/t11-/m1/s1. The third kappa shape index (κ3) is 2.57. The van der Waals surface area contributed by atoms with Gasteiger partial charge in [-0.3, -0.25) is 19.7 Å². The normalized spacial score (nSPS) is 18.4. The van der Waals surface area contributed by atoms with E-state index in [9.17, 15) is 19.7 Å². The van der Waals surface area contributed by atoms with Crippen LogP contribution in [0.1, 0.15) is 6.42 Å². The quantitative estimate of drug-likeness (QED) is 0.374. The molecule has 1 fully saturated rings. The van der Waals surface area contributed by atoms with Gasteiger partial charge in [-0.2, -0.15) is 0 Å². The van der Waals surface area contributed by atoms with Crippen molar-refractivity contribution in [3.63, 3.8) is 0 Å². The molecule has 2 rings (SSSR count). The van der Waals surface area contributed by atoms with Gasteiger partial charge in [0.05, 0.1) is 23.1 Å². The van der Waals surface area contributed by atoms with Gasteiger partial charge in [0.2, 0.25) is 5.91 Å². The van der Waals surface area contributed by atoms with Gasteiger partial charge in [-0.15, -0.1) is 6.58 Å². The lowest BCUT2D eigenvalue weighted by Crippen LogP contribution is -2.38. The molecule has 7 heteroatoms. The number of anilines is 1. The molecule has 1 aromatic rings. The van der Waals surface area contributed by atoms with Crippen molar-refractivity contribution in [3.8, 4) is 0 Å². The van der Waals surface area contributed by atoms with Crippen LogP contribution in [0, 0.1) is 10.1 Å². The summed E-state index contributed by atoms with van der Waals surface area (Å²) in [5.74, 6) is -0.684. The summed E-state index contributed by atoms with van der Waals surface area (Å²) in [7, 11) is 0. The van der Waals surface area contributed by atoms with Crippen LogP contribution in [-0.4, -0.2) is 29.3 Å². The van der Waals surface area contributed by atoms with Gasteiger partial charge in [0.15, 0.2) is 0 Å². The molecule has 1 aliphatic rings. The smallest absolute Gasteiger partial charge is 0.269 e. The highest BCUT2D eigenvalue weighted by Crippen LogP contribution is 2.25. The van der Waals surface area contributed by atoms with E-state index in [4.69, 9.17) is 0 Å². The number of non-ortho nitro benzene ring substituents is 1. The predicted octanol–water partition coefficient (Wildman–Crippen LogP) is 1.00. The molecular formula is C13H13N3O4. The summed E-state index contributed by atoms with van der Waals surface area (Å²) in [6.07, 6.45) is 1.68. The maximum Gasteiger partial charge on any atom is 0.269 e. The molecule has 2 amide bonds. The van der Waals surface area contributed by atoms with Gasteiger partial charge in [0, 0.05) is 18.7 Å². The monoisotopic (exact) mass is 275 g/mol. The Morgan fingerprint density at radius 3 is 2.60 bits per heavy atom. The van der Waals surface area contributed by atoms with Gasteiger partial charge in [0.1, 0.15) is 0 Å². The Morgan fingerprint density at radius 2 is 2.05 bits per heavy atom. The van der Waals surface area contributed by atoms with Crippen LogP contribution >= 0.6 is 0 Å². The highest BCUT2D eigenvalue weighted by Gasteiger charge is 2.39. The SMILES string of the molecule is C=CCN[C@@H]1CC(=O)N(c2ccc([N+](=O)[O-])cc2)C1=O. The average Bonchev–Trinajstić information content (AvgIpc) is 2.71. The first-order valence-electron chi connectivity index (χ1n) is 6.00. The third-order valence-corrected chi connectivity index (χ3v) is 2.97. The summed E-state index contributed by atoms with van der Waals surface area (Å²) in [4.78, 5) is 35.1. The Morgan fingerprint density at radius 1 is 1.40 bits per heavy atom. The minimum absolute atomic E-state index is 0.0731. The Bertz CT molecular complexity index is 567. The van der Waals surface area contributed by atoms with Crippen molar-refractivity contribution in [1.29, 1.82) is 0 Å². The lowest BCUT2D eigenvalue weighted by atomic mass is 10.2. The van der Waals surface area contributed by atoms with E-state index in [0.717, 1.165) is 4.90 Å². The second-order valence-electron chi connectivity index (χ2n) is 4.29. The fourth-order valence-electron chi connectivity index (χ4n) is 2.01. The molecule has 0 aliphatic carbocycles. The number of benzene rings is 1. The largest absolute Gasteiger partial charge is 0.302 e. The van der Waals surface area contributed by atoms with Crippen molar-refractivity contribution in [2.45, 2.75) is 12.5 Å². The van der Waals surface area contributed by atoms with Crippen molar-refractivity contribution >= 4 is 23.2 Å². The fourth-order valence-corrected chi connectivity index (χ4v) is 2.01. The number of rotatable bonds is 5. The third-order valence-electron chi connectivity index (χ3n) is 2.97. The number of nitro benzene ring substituents is 1. The number of hydrogen-bond donors (Lipinski definition) is 1. The Balaban J connectivity index is 2.19. The molecule has 0 unspecified atom stereocenters. The van der Waals surface area contributed by atoms with Crippen LogP contribution < -0.4 is 10.2 Å². The van der Waals surface area contributed by atoms with Crippen molar-refractivity contribution in [3.05, 3.63) is 47.0 Å². The molecule has 1 aromatic carbocycles. The van der Waals surface area contributed by atoms with E-state index < -0.39 is 11.0 Å². The molecule has 0 saturated carbocycles. The number of nitrogens with zero attached hydrogens (tertiary/aromatic N) is 2. The topological polar surface area (TPSA) is 92.6 Å². The molecule has 0 spiro atoms. The number of hydrogen-bond acceptors (Lipinski definition) is 5. The van der Waals surface area contributed by atoms with E-state index >= 15 is 0 Å². The molecule has 1 heterocycles. The molecular weight excluding hydrogens is 262 g/mol. The van der Waals surface area contributed by atoms with Crippen molar-refractivity contribution < 1.29 is 14.5 Å². The number of carbonyl (C=O) groups is 2. The summed E-state index contributed by atoms with van der Waals surface area (Å²) in [6.45, 7) is 3.96. The summed E-state index contributed by atoms with van der Waals surface area (Å²) < 4.78 is 0. The number of nitrogens with one attached hydrogen (secondary N) is 1. The van der Waals surface area contributed by atoms with Crippen LogP contribution in [0.3, 0.4) is 0 Å². The number of imide groups is 1. The molecule has 104 valence electrons. The average molecular weight is 275 g/mol. The lowest BCUT2D eigenvalue weighted by molar-refractivity contribution is -0.384. The van der Waals surface area contributed by atoms with E-state index in [1.54, 1.807) is 6.08 Å². The van der Waals surface area contributed by atoms with Gasteiger partial charge in [0.25, 0.3) is 11.6 Å². The summed E-state index contributed by atoms with van der Waals surface area (Å²) in [5, 5.41) is 13.5. The summed E-state index contributed by atoms with van der Waals surface area (Å²) in [6, 6.07) is 4.74. The van der Waals surface area contributed by atoms with Crippen molar-refractivity contribution in [2.24, 2.45) is 0 Å². The zero-order valence-electron chi connectivity index (χ0n) is 10.6. The van der Waals surface area contributed by atoms with E-state index in [1.807, 2.05) is 0 Å². The minimum atomic E-state index is -0.573. The molecule has 1 N–H and O–H groups in total. The van der Waals surface area contributed by atoms with Gasteiger partial charge in [-0.25, -0.2) is 4.90 Å². The Labute approximate surface area is 115 Å². The number of nitro groups is 1. The van der Waals surface area contributed by atoms with Gasteiger partial charge < -0.3 is 5.32 Å².